The molecule has 1 aromatic rings. The van der Waals surface area contributed by atoms with E-state index in [4.69, 9.17) is 0 Å². The highest BCUT2D eigenvalue weighted by atomic mass is 32.2. The maximum absolute atomic E-state index is 12.1. The summed E-state index contributed by atoms with van der Waals surface area (Å²) < 4.78 is 25.6. The van der Waals surface area contributed by atoms with Crippen LogP contribution in [0.2, 0.25) is 0 Å². The van der Waals surface area contributed by atoms with Crippen molar-refractivity contribution in [3.8, 4) is 0 Å². The minimum Gasteiger partial charge on any atom is -0.355 e. The third-order valence-electron chi connectivity index (χ3n) is 4.42. The first-order valence-electron chi connectivity index (χ1n) is 8.12. The SMILES string of the molecule is O=C(C[C@@H]1NC(=O)c2ccccc21)NCCS(=O)(=O)N1CCCC1. The maximum atomic E-state index is 12.1. The molecule has 1 aromatic carbocycles. The number of carbonyl (C=O) groups excluding carboxylic acids is 2. The number of hydrogen-bond donors (Lipinski definition) is 2. The van der Waals surface area contributed by atoms with Gasteiger partial charge in [0, 0.05) is 25.2 Å². The van der Waals surface area contributed by atoms with Gasteiger partial charge in [0.05, 0.1) is 18.2 Å². The Labute approximate surface area is 141 Å². The molecule has 3 rings (SSSR count). The number of nitrogens with zero attached hydrogens (tertiary/aromatic N) is 1. The van der Waals surface area contributed by atoms with Crippen molar-refractivity contribution in [2.45, 2.75) is 25.3 Å². The van der Waals surface area contributed by atoms with Crippen molar-refractivity contribution in [2.24, 2.45) is 0 Å². The van der Waals surface area contributed by atoms with Crippen molar-refractivity contribution in [2.75, 3.05) is 25.4 Å². The molecule has 0 unspecified atom stereocenters. The quantitative estimate of drug-likeness (QED) is 0.776. The molecular formula is C16H21N3O4S. The Morgan fingerprint density at radius 2 is 1.96 bits per heavy atom. The highest BCUT2D eigenvalue weighted by Crippen LogP contribution is 2.27. The van der Waals surface area contributed by atoms with Gasteiger partial charge < -0.3 is 10.6 Å². The molecule has 2 heterocycles. The average molecular weight is 351 g/mol. The molecule has 130 valence electrons. The number of carbonyl (C=O) groups is 2. The topological polar surface area (TPSA) is 95.6 Å². The molecule has 1 saturated heterocycles. The van der Waals surface area contributed by atoms with Crippen LogP contribution in [-0.2, 0) is 14.8 Å². The van der Waals surface area contributed by atoms with Gasteiger partial charge in [-0.15, -0.1) is 0 Å². The standard InChI is InChI=1S/C16H21N3O4S/c20-15(17-7-10-24(22,23)19-8-3-4-9-19)11-14-12-5-1-2-6-13(12)16(21)18-14/h1-2,5-6,14H,3-4,7-11H2,(H,17,20)(H,18,21)/t14-/m0/s1. The van der Waals surface area contributed by atoms with Crippen LogP contribution in [0.15, 0.2) is 24.3 Å². The van der Waals surface area contributed by atoms with Gasteiger partial charge in [-0.25, -0.2) is 12.7 Å². The molecule has 1 fully saturated rings. The Bertz CT molecular complexity index is 741. The van der Waals surface area contributed by atoms with E-state index >= 15 is 0 Å². The summed E-state index contributed by atoms with van der Waals surface area (Å²) in [5.74, 6) is -0.541. The lowest BCUT2D eigenvalue weighted by Gasteiger charge is -2.16. The van der Waals surface area contributed by atoms with Crippen LogP contribution in [0.25, 0.3) is 0 Å². The van der Waals surface area contributed by atoms with Crippen LogP contribution in [0.4, 0.5) is 0 Å². The lowest BCUT2D eigenvalue weighted by atomic mass is 10.0. The molecular weight excluding hydrogens is 330 g/mol. The van der Waals surface area contributed by atoms with Gasteiger partial charge in [0.1, 0.15) is 0 Å². The monoisotopic (exact) mass is 351 g/mol. The predicted octanol–water partition coefficient (Wildman–Crippen LogP) is 0.403. The Morgan fingerprint density at radius 3 is 2.71 bits per heavy atom. The third-order valence-corrected chi connectivity index (χ3v) is 6.29. The number of amides is 2. The van der Waals surface area contributed by atoms with E-state index in [0.717, 1.165) is 18.4 Å². The molecule has 0 spiro atoms. The van der Waals surface area contributed by atoms with Gasteiger partial charge >= 0.3 is 0 Å². The van der Waals surface area contributed by atoms with Crippen LogP contribution in [0.5, 0.6) is 0 Å². The largest absolute Gasteiger partial charge is 0.355 e. The summed E-state index contributed by atoms with van der Waals surface area (Å²) in [7, 11) is -3.29. The fraction of sp³-hybridized carbons (Fsp3) is 0.500. The second-order valence-corrected chi connectivity index (χ2v) is 8.18. The number of nitrogens with one attached hydrogen (secondary N) is 2. The normalized spacial score (nSPS) is 20.7. The van der Waals surface area contributed by atoms with Crippen LogP contribution in [0.3, 0.4) is 0 Å². The summed E-state index contributed by atoms with van der Waals surface area (Å²) in [6.45, 7) is 1.22. The molecule has 1 atom stereocenters. The van der Waals surface area contributed by atoms with Crippen molar-refractivity contribution in [3.63, 3.8) is 0 Å². The zero-order chi connectivity index (χ0) is 17.2. The van der Waals surface area contributed by atoms with Gasteiger partial charge in [0.15, 0.2) is 0 Å². The van der Waals surface area contributed by atoms with Gasteiger partial charge in [0.2, 0.25) is 15.9 Å². The number of fused-ring (bicyclic) bond motifs is 1. The van der Waals surface area contributed by atoms with Gasteiger partial charge in [-0.05, 0) is 24.5 Å². The van der Waals surface area contributed by atoms with Crippen LogP contribution in [-0.4, -0.2) is 49.9 Å². The van der Waals surface area contributed by atoms with Crippen molar-refractivity contribution in [1.29, 1.82) is 0 Å². The summed E-state index contributed by atoms with van der Waals surface area (Å²) in [5.41, 5.74) is 1.40. The summed E-state index contributed by atoms with van der Waals surface area (Å²) >= 11 is 0. The van der Waals surface area contributed by atoms with Gasteiger partial charge in [0.25, 0.3) is 5.91 Å². The molecule has 0 saturated carbocycles. The molecule has 2 amide bonds. The Balaban J connectivity index is 1.49. The summed E-state index contributed by atoms with van der Waals surface area (Å²) in [6, 6.07) is 6.80. The molecule has 0 aromatic heterocycles. The molecule has 0 aliphatic carbocycles. The minimum absolute atomic E-state index is 0.0833. The highest BCUT2D eigenvalue weighted by Gasteiger charge is 2.30. The van der Waals surface area contributed by atoms with Crippen molar-refractivity contribution in [3.05, 3.63) is 35.4 Å². The second kappa shape index (κ2) is 6.90. The molecule has 7 nitrogen and oxygen atoms in total. The highest BCUT2D eigenvalue weighted by molar-refractivity contribution is 7.89. The summed E-state index contributed by atoms with van der Waals surface area (Å²) in [4.78, 5) is 23.9. The predicted molar refractivity (Wildman–Crippen MR) is 88.9 cm³/mol. The van der Waals surface area contributed by atoms with E-state index in [1.807, 2.05) is 12.1 Å². The zero-order valence-corrected chi connectivity index (χ0v) is 14.1. The van der Waals surface area contributed by atoms with Crippen LogP contribution < -0.4 is 10.6 Å². The molecule has 2 N–H and O–H groups in total. The Hall–Kier alpha value is -1.93. The number of benzene rings is 1. The molecule has 0 radical (unpaired) electrons. The van der Waals surface area contributed by atoms with E-state index in [9.17, 15) is 18.0 Å². The van der Waals surface area contributed by atoms with E-state index < -0.39 is 10.0 Å². The fourth-order valence-corrected chi connectivity index (χ4v) is 4.59. The zero-order valence-electron chi connectivity index (χ0n) is 13.3. The molecule has 24 heavy (non-hydrogen) atoms. The van der Waals surface area contributed by atoms with Crippen LogP contribution in [0, 0.1) is 0 Å². The van der Waals surface area contributed by atoms with E-state index in [1.165, 1.54) is 4.31 Å². The van der Waals surface area contributed by atoms with Gasteiger partial charge in [-0.2, -0.15) is 0 Å². The van der Waals surface area contributed by atoms with E-state index in [1.54, 1.807) is 12.1 Å². The number of sulfonamides is 1. The van der Waals surface area contributed by atoms with E-state index in [2.05, 4.69) is 10.6 Å². The third kappa shape index (κ3) is 3.59. The average Bonchev–Trinajstić information content (AvgIpc) is 3.18. The van der Waals surface area contributed by atoms with Gasteiger partial charge in [-0.3, -0.25) is 9.59 Å². The summed E-state index contributed by atoms with van der Waals surface area (Å²) in [6.07, 6.45) is 1.89. The molecule has 2 aliphatic rings. The van der Waals surface area contributed by atoms with E-state index in [0.29, 0.717) is 18.7 Å². The van der Waals surface area contributed by atoms with Crippen molar-refractivity contribution in [1.82, 2.24) is 14.9 Å². The first-order chi connectivity index (χ1) is 11.5. The summed E-state index contributed by atoms with van der Waals surface area (Å²) in [5, 5.41) is 5.41. The van der Waals surface area contributed by atoms with Crippen molar-refractivity contribution >= 4 is 21.8 Å². The lowest BCUT2D eigenvalue weighted by molar-refractivity contribution is -0.121. The van der Waals surface area contributed by atoms with Gasteiger partial charge in [-0.1, -0.05) is 18.2 Å². The first kappa shape index (κ1) is 16.9. The Kier molecular flexibility index (Phi) is 4.86. The minimum atomic E-state index is -3.29. The van der Waals surface area contributed by atoms with Crippen LogP contribution >= 0.6 is 0 Å². The fourth-order valence-electron chi connectivity index (χ4n) is 3.15. The molecule has 2 aliphatic heterocycles. The number of hydrogen-bond acceptors (Lipinski definition) is 4. The Morgan fingerprint density at radius 1 is 1.25 bits per heavy atom. The maximum Gasteiger partial charge on any atom is 0.252 e. The smallest absolute Gasteiger partial charge is 0.252 e. The first-order valence-corrected chi connectivity index (χ1v) is 9.72. The lowest BCUT2D eigenvalue weighted by Crippen LogP contribution is -2.37. The van der Waals surface area contributed by atoms with Crippen LogP contribution in [0.1, 0.15) is 41.2 Å². The number of rotatable bonds is 6. The van der Waals surface area contributed by atoms with E-state index in [-0.39, 0.29) is 36.6 Å². The second-order valence-electron chi connectivity index (χ2n) is 6.09. The molecule has 8 heteroatoms. The van der Waals surface area contributed by atoms with Crippen molar-refractivity contribution < 1.29 is 18.0 Å². The molecule has 0 bridgehead atoms.